The molecule has 0 radical (unpaired) electrons. The fraction of sp³-hybridized carbons (Fsp3) is 0.500. The van der Waals surface area contributed by atoms with Crippen molar-refractivity contribution in [2.75, 3.05) is 33.3 Å². The van der Waals surface area contributed by atoms with E-state index >= 15 is 0 Å². The van der Waals surface area contributed by atoms with Crippen molar-refractivity contribution in [3.63, 3.8) is 0 Å². The highest BCUT2D eigenvalue weighted by Gasteiger charge is 2.24. The molecule has 110 valence electrons. The third-order valence-electron chi connectivity index (χ3n) is 3.70. The van der Waals surface area contributed by atoms with Gasteiger partial charge in [-0.1, -0.05) is 21.5 Å². The topological polar surface area (TPSA) is 24.5 Å². The van der Waals surface area contributed by atoms with Crippen LogP contribution in [0.1, 0.15) is 24.9 Å². The van der Waals surface area contributed by atoms with E-state index in [-0.39, 0.29) is 0 Å². The number of halogens is 1. The Hall–Kier alpha value is -0.840. The van der Waals surface area contributed by atoms with E-state index in [2.05, 4.69) is 51.8 Å². The number of piperazine rings is 1. The van der Waals surface area contributed by atoms with E-state index in [0.29, 0.717) is 6.04 Å². The second-order valence-electron chi connectivity index (χ2n) is 5.35. The number of nitrogens with one attached hydrogen (secondary N) is 1. The number of rotatable bonds is 5. The van der Waals surface area contributed by atoms with E-state index in [1.165, 1.54) is 11.1 Å². The zero-order chi connectivity index (χ0) is 14.5. The fourth-order valence-electron chi connectivity index (χ4n) is 2.66. The minimum absolute atomic E-state index is 0.360. The summed E-state index contributed by atoms with van der Waals surface area (Å²) in [5, 5.41) is 3.41. The van der Waals surface area contributed by atoms with Gasteiger partial charge < -0.3 is 10.1 Å². The molecule has 3 nitrogen and oxygen atoms in total. The van der Waals surface area contributed by atoms with Gasteiger partial charge in [0.05, 0.1) is 7.11 Å². The van der Waals surface area contributed by atoms with Crippen LogP contribution in [0.15, 0.2) is 34.8 Å². The molecule has 1 aromatic rings. The maximum absolute atomic E-state index is 5.38. The summed E-state index contributed by atoms with van der Waals surface area (Å²) >= 11 is 3.69. The van der Waals surface area contributed by atoms with Crippen molar-refractivity contribution >= 4 is 15.9 Å². The lowest BCUT2D eigenvalue weighted by Crippen LogP contribution is -2.45. The molecule has 1 atom stereocenters. The normalized spacial score (nSPS) is 17.8. The SMILES string of the molecule is C=C(C)C[C@H](c1cc(OC)ccc1Br)N1CCNCC1. The molecule has 0 unspecified atom stereocenters. The summed E-state index contributed by atoms with van der Waals surface area (Å²) in [6, 6.07) is 6.56. The summed E-state index contributed by atoms with van der Waals surface area (Å²) in [5.41, 5.74) is 2.50. The number of ether oxygens (including phenoxy) is 1. The molecular formula is C16H23BrN2O. The predicted molar refractivity (Wildman–Crippen MR) is 87.3 cm³/mol. The first kappa shape index (κ1) is 15.5. The molecule has 1 N–H and O–H groups in total. The van der Waals surface area contributed by atoms with Gasteiger partial charge in [0.15, 0.2) is 0 Å². The molecule has 0 aromatic heterocycles. The maximum atomic E-state index is 5.38. The van der Waals surface area contributed by atoms with Gasteiger partial charge in [-0.05, 0) is 37.1 Å². The Kier molecular flexibility index (Phi) is 5.64. The van der Waals surface area contributed by atoms with Crippen molar-refractivity contribution in [2.45, 2.75) is 19.4 Å². The largest absolute Gasteiger partial charge is 0.497 e. The molecule has 1 aliphatic rings. The molecule has 0 spiro atoms. The Morgan fingerprint density at radius 2 is 2.15 bits per heavy atom. The van der Waals surface area contributed by atoms with Gasteiger partial charge in [0, 0.05) is 36.7 Å². The molecule has 1 saturated heterocycles. The van der Waals surface area contributed by atoms with E-state index in [9.17, 15) is 0 Å². The van der Waals surface area contributed by atoms with Crippen LogP contribution < -0.4 is 10.1 Å². The monoisotopic (exact) mass is 338 g/mol. The van der Waals surface area contributed by atoms with E-state index < -0.39 is 0 Å². The van der Waals surface area contributed by atoms with Crippen molar-refractivity contribution in [3.8, 4) is 5.75 Å². The Morgan fingerprint density at radius 1 is 1.45 bits per heavy atom. The molecule has 4 heteroatoms. The van der Waals surface area contributed by atoms with Gasteiger partial charge in [0.25, 0.3) is 0 Å². The van der Waals surface area contributed by atoms with Crippen LogP contribution in [0, 0.1) is 0 Å². The molecule has 20 heavy (non-hydrogen) atoms. The van der Waals surface area contributed by atoms with Crippen LogP contribution in [0.4, 0.5) is 0 Å². The minimum Gasteiger partial charge on any atom is -0.497 e. The zero-order valence-electron chi connectivity index (χ0n) is 12.3. The number of methoxy groups -OCH3 is 1. The van der Waals surface area contributed by atoms with Crippen LogP contribution in [-0.4, -0.2) is 38.2 Å². The lowest BCUT2D eigenvalue weighted by atomic mass is 9.97. The van der Waals surface area contributed by atoms with Crippen molar-refractivity contribution in [3.05, 3.63) is 40.4 Å². The smallest absolute Gasteiger partial charge is 0.119 e. The maximum Gasteiger partial charge on any atom is 0.119 e. The second kappa shape index (κ2) is 7.25. The minimum atomic E-state index is 0.360. The van der Waals surface area contributed by atoms with Crippen molar-refractivity contribution in [2.24, 2.45) is 0 Å². The zero-order valence-corrected chi connectivity index (χ0v) is 13.9. The summed E-state index contributed by atoms with van der Waals surface area (Å²) in [4.78, 5) is 2.53. The third kappa shape index (κ3) is 3.84. The molecular weight excluding hydrogens is 316 g/mol. The van der Waals surface area contributed by atoms with Crippen LogP contribution in [0.3, 0.4) is 0 Å². The molecule has 1 aliphatic heterocycles. The Morgan fingerprint density at radius 3 is 2.75 bits per heavy atom. The van der Waals surface area contributed by atoms with Crippen LogP contribution >= 0.6 is 15.9 Å². The van der Waals surface area contributed by atoms with Gasteiger partial charge in [0.1, 0.15) is 5.75 Å². The van der Waals surface area contributed by atoms with Crippen molar-refractivity contribution < 1.29 is 4.74 Å². The highest BCUT2D eigenvalue weighted by molar-refractivity contribution is 9.10. The number of benzene rings is 1. The first-order valence-corrected chi connectivity index (χ1v) is 7.83. The van der Waals surface area contributed by atoms with E-state index in [0.717, 1.165) is 42.8 Å². The van der Waals surface area contributed by atoms with Crippen LogP contribution in [0.5, 0.6) is 5.75 Å². The standard InChI is InChI=1S/C16H23BrN2O/c1-12(2)10-16(19-8-6-18-7-9-19)14-11-13(20-3)4-5-15(14)17/h4-5,11,16,18H,1,6-10H2,2-3H3/t16-/m1/s1. The van der Waals surface area contributed by atoms with Gasteiger partial charge in [-0.25, -0.2) is 0 Å². The summed E-state index contributed by atoms with van der Waals surface area (Å²) in [6.07, 6.45) is 0.978. The van der Waals surface area contributed by atoms with Gasteiger partial charge >= 0.3 is 0 Å². The first-order valence-electron chi connectivity index (χ1n) is 7.04. The molecule has 0 bridgehead atoms. The summed E-state index contributed by atoms with van der Waals surface area (Å²) < 4.78 is 6.52. The lowest BCUT2D eigenvalue weighted by Gasteiger charge is -2.36. The molecule has 1 aromatic carbocycles. The molecule has 1 fully saturated rings. The molecule has 1 heterocycles. The Bertz CT molecular complexity index is 470. The lowest BCUT2D eigenvalue weighted by molar-refractivity contribution is 0.171. The predicted octanol–water partition coefficient (Wildman–Crippen LogP) is 3.37. The summed E-state index contributed by atoms with van der Waals surface area (Å²) in [7, 11) is 1.71. The van der Waals surface area contributed by atoms with Gasteiger partial charge in [-0.2, -0.15) is 0 Å². The van der Waals surface area contributed by atoms with Crippen molar-refractivity contribution in [1.29, 1.82) is 0 Å². The summed E-state index contributed by atoms with van der Waals surface area (Å²) in [6.45, 7) is 10.4. The third-order valence-corrected chi connectivity index (χ3v) is 4.42. The number of nitrogens with zero attached hydrogens (tertiary/aromatic N) is 1. The highest BCUT2D eigenvalue weighted by Crippen LogP contribution is 2.34. The number of hydrogen-bond acceptors (Lipinski definition) is 3. The molecule has 0 amide bonds. The second-order valence-corrected chi connectivity index (χ2v) is 6.20. The molecule has 0 aliphatic carbocycles. The average molecular weight is 339 g/mol. The Labute approximate surface area is 130 Å². The summed E-state index contributed by atoms with van der Waals surface area (Å²) in [5.74, 6) is 0.907. The van der Waals surface area contributed by atoms with E-state index in [1.54, 1.807) is 7.11 Å². The fourth-order valence-corrected chi connectivity index (χ4v) is 3.17. The number of hydrogen-bond donors (Lipinski definition) is 1. The van der Waals surface area contributed by atoms with Gasteiger partial charge in [-0.15, -0.1) is 6.58 Å². The van der Waals surface area contributed by atoms with E-state index in [1.807, 2.05) is 6.07 Å². The molecule has 2 rings (SSSR count). The van der Waals surface area contributed by atoms with Gasteiger partial charge in [0.2, 0.25) is 0 Å². The van der Waals surface area contributed by atoms with Crippen LogP contribution in [0.25, 0.3) is 0 Å². The van der Waals surface area contributed by atoms with Crippen LogP contribution in [-0.2, 0) is 0 Å². The molecule has 0 saturated carbocycles. The van der Waals surface area contributed by atoms with E-state index in [4.69, 9.17) is 4.74 Å². The van der Waals surface area contributed by atoms with Gasteiger partial charge in [-0.3, -0.25) is 4.90 Å². The van der Waals surface area contributed by atoms with Crippen molar-refractivity contribution in [1.82, 2.24) is 10.2 Å². The quantitative estimate of drug-likeness (QED) is 0.833. The Balaban J connectivity index is 2.31. The first-order chi connectivity index (χ1) is 9.61. The highest BCUT2D eigenvalue weighted by atomic mass is 79.9. The average Bonchev–Trinajstić information content (AvgIpc) is 2.46. The van der Waals surface area contributed by atoms with Crippen LogP contribution in [0.2, 0.25) is 0 Å².